The summed E-state index contributed by atoms with van der Waals surface area (Å²) in [7, 11) is 3.91. The molecule has 0 unspecified atom stereocenters. The fourth-order valence-electron chi connectivity index (χ4n) is 5.59. The van der Waals surface area contributed by atoms with Crippen molar-refractivity contribution in [2.24, 2.45) is 0 Å². The van der Waals surface area contributed by atoms with E-state index in [-0.39, 0.29) is 13.1 Å². The third-order valence-corrected chi connectivity index (χ3v) is 7.73. The predicted octanol–water partition coefficient (Wildman–Crippen LogP) is 4.32. The Bertz CT molecular complexity index is 1680. The van der Waals surface area contributed by atoms with Crippen molar-refractivity contribution in [1.82, 2.24) is 20.1 Å². The number of nitrogens with zero attached hydrogens (tertiary/aromatic N) is 3. The zero-order valence-corrected chi connectivity index (χ0v) is 25.9. The molecule has 234 valence electrons. The van der Waals surface area contributed by atoms with Crippen LogP contribution in [0, 0.1) is 0 Å². The van der Waals surface area contributed by atoms with E-state index < -0.39 is 35.7 Å². The lowest BCUT2D eigenvalue weighted by molar-refractivity contribution is -0.130. The van der Waals surface area contributed by atoms with Crippen LogP contribution in [0.4, 0.5) is 16.2 Å². The van der Waals surface area contributed by atoms with Gasteiger partial charge in [0.25, 0.3) is 11.8 Å². The summed E-state index contributed by atoms with van der Waals surface area (Å²) in [5.74, 6) is -1.52. The number of fused-ring (bicyclic) bond motifs is 1. The van der Waals surface area contributed by atoms with Gasteiger partial charge >= 0.3 is 6.03 Å². The van der Waals surface area contributed by atoms with Gasteiger partial charge in [-0.1, -0.05) is 49.4 Å². The molecule has 45 heavy (non-hydrogen) atoms. The minimum Gasteiger partial charge on any atom is -0.492 e. The van der Waals surface area contributed by atoms with Crippen LogP contribution in [0.5, 0.6) is 5.75 Å². The van der Waals surface area contributed by atoms with Crippen LogP contribution in [0.2, 0.25) is 0 Å². The quantitative estimate of drug-likeness (QED) is 0.230. The summed E-state index contributed by atoms with van der Waals surface area (Å²) in [6, 6.07) is 20.2. The van der Waals surface area contributed by atoms with Crippen LogP contribution in [-0.4, -0.2) is 78.4 Å². The number of carbonyl (C=O) groups is 4. The SMILES string of the molecule is CCOc1ccc(CN(C)C)cc1NC(=O)[C@H](NC(=O)N1CC(=O)N(c2ccccc2)C(=O)C1)[C@H](C)c1c[nH]c2ccccc12. The topological polar surface area (TPSA) is 127 Å². The first-order chi connectivity index (χ1) is 21.7. The van der Waals surface area contributed by atoms with Crippen molar-refractivity contribution in [3.8, 4) is 5.75 Å². The van der Waals surface area contributed by atoms with Crippen LogP contribution in [0.25, 0.3) is 10.9 Å². The Morgan fingerprint density at radius 1 is 0.978 bits per heavy atom. The van der Waals surface area contributed by atoms with E-state index in [2.05, 4.69) is 15.6 Å². The third-order valence-electron chi connectivity index (χ3n) is 7.73. The maximum absolute atomic E-state index is 14.1. The van der Waals surface area contributed by atoms with Crippen molar-refractivity contribution in [2.75, 3.05) is 44.0 Å². The molecule has 5 amide bonds. The normalized spacial score (nSPS) is 14.9. The molecule has 1 fully saturated rings. The first-order valence-electron chi connectivity index (χ1n) is 14.9. The van der Waals surface area contributed by atoms with Crippen LogP contribution in [0.15, 0.2) is 79.0 Å². The molecule has 1 aliphatic heterocycles. The average Bonchev–Trinajstić information content (AvgIpc) is 3.45. The highest BCUT2D eigenvalue weighted by atomic mass is 16.5. The minimum atomic E-state index is -1.07. The fraction of sp³-hybridized carbons (Fsp3) is 0.294. The number of rotatable bonds is 10. The second-order valence-electron chi connectivity index (χ2n) is 11.3. The summed E-state index contributed by atoms with van der Waals surface area (Å²) in [6.07, 6.45) is 1.83. The molecule has 0 radical (unpaired) electrons. The Balaban J connectivity index is 1.42. The van der Waals surface area contributed by atoms with Gasteiger partial charge in [-0.15, -0.1) is 0 Å². The molecular formula is C34H38N6O5. The first-order valence-corrected chi connectivity index (χ1v) is 14.9. The van der Waals surface area contributed by atoms with E-state index in [0.29, 0.717) is 30.3 Å². The number of anilines is 2. The Morgan fingerprint density at radius 2 is 1.67 bits per heavy atom. The number of urea groups is 1. The van der Waals surface area contributed by atoms with Crippen LogP contribution in [0.3, 0.4) is 0 Å². The van der Waals surface area contributed by atoms with E-state index in [4.69, 9.17) is 4.74 Å². The second kappa shape index (κ2) is 13.6. The van der Waals surface area contributed by atoms with Gasteiger partial charge in [0.2, 0.25) is 5.91 Å². The standard InChI is InChI=1S/C34H38N6O5/c1-5-45-29-16-15-23(19-38(3)4)17-28(29)36-33(43)32(22(2)26-18-35-27-14-10-9-13-25(26)27)37-34(44)39-20-30(41)40(31(42)21-39)24-11-7-6-8-12-24/h6-18,22,32,35H,5,19-21H2,1-4H3,(H,36,43)(H,37,44)/t22-,32-/m1/s1. The summed E-state index contributed by atoms with van der Waals surface area (Å²) < 4.78 is 5.81. The number of benzene rings is 3. The molecular weight excluding hydrogens is 572 g/mol. The second-order valence-corrected chi connectivity index (χ2v) is 11.3. The molecule has 0 bridgehead atoms. The van der Waals surface area contributed by atoms with E-state index in [1.54, 1.807) is 30.3 Å². The highest BCUT2D eigenvalue weighted by Crippen LogP contribution is 2.31. The van der Waals surface area contributed by atoms with E-state index in [1.165, 1.54) is 0 Å². The predicted molar refractivity (Wildman–Crippen MR) is 173 cm³/mol. The lowest BCUT2D eigenvalue weighted by Crippen LogP contribution is -2.60. The molecule has 5 rings (SSSR count). The molecule has 0 spiro atoms. The number of H-pyrrole nitrogens is 1. The molecule has 11 nitrogen and oxygen atoms in total. The number of hydrogen-bond donors (Lipinski definition) is 3. The molecule has 3 aromatic carbocycles. The number of ether oxygens (including phenoxy) is 1. The molecule has 2 atom stereocenters. The molecule has 1 saturated heterocycles. The molecule has 0 saturated carbocycles. The number of piperazine rings is 1. The van der Waals surface area contributed by atoms with Crippen molar-refractivity contribution in [2.45, 2.75) is 32.4 Å². The van der Waals surface area contributed by atoms with Crippen LogP contribution in [0.1, 0.15) is 30.9 Å². The molecule has 3 N–H and O–H groups in total. The van der Waals surface area contributed by atoms with Crippen LogP contribution in [-0.2, 0) is 20.9 Å². The summed E-state index contributed by atoms with van der Waals surface area (Å²) in [4.78, 5) is 61.3. The number of hydrogen-bond acceptors (Lipinski definition) is 6. The first kappa shape index (κ1) is 31.3. The number of para-hydroxylation sites is 2. The monoisotopic (exact) mass is 610 g/mol. The van der Waals surface area contributed by atoms with Gasteiger partial charge in [-0.25, -0.2) is 9.69 Å². The van der Waals surface area contributed by atoms with E-state index in [0.717, 1.165) is 31.8 Å². The van der Waals surface area contributed by atoms with Gasteiger partial charge in [0.15, 0.2) is 0 Å². The summed E-state index contributed by atoms with van der Waals surface area (Å²) in [5, 5.41) is 6.75. The number of carbonyl (C=O) groups excluding carboxylic acids is 4. The number of aromatic amines is 1. The summed E-state index contributed by atoms with van der Waals surface area (Å²) in [6.45, 7) is 4.14. The number of imide groups is 1. The van der Waals surface area contributed by atoms with Gasteiger partial charge < -0.3 is 30.2 Å². The minimum absolute atomic E-state index is 0.316. The van der Waals surface area contributed by atoms with Crippen molar-refractivity contribution in [1.29, 1.82) is 0 Å². The lowest BCUT2D eigenvalue weighted by atomic mass is 9.92. The molecule has 4 aromatic rings. The van der Waals surface area contributed by atoms with Gasteiger partial charge in [0.05, 0.1) is 18.0 Å². The highest BCUT2D eigenvalue weighted by molar-refractivity contribution is 6.19. The molecule has 2 heterocycles. The molecule has 1 aliphatic rings. The van der Waals surface area contributed by atoms with E-state index in [9.17, 15) is 19.2 Å². The zero-order valence-electron chi connectivity index (χ0n) is 25.9. The van der Waals surface area contributed by atoms with Crippen molar-refractivity contribution in [3.63, 3.8) is 0 Å². The third kappa shape index (κ3) is 6.99. The van der Waals surface area contributed by atoms with Crippen molar-refractivity contribution < 1.29 is 23.9 Å². The van der Waals surface area contributed by atoms with Gasteiger partial charge in [0, 0.05) is 29.6 Å². The zero-order chi connectivity index (χ0) is 32.1. The van der Waals surface area contributed by atoms with Gasteiger partial charge in [-0.3, -0.25) is 14.4 Å². The maximum atomic E-state index is 14.1. The van der Waals surface area contributed by atoms with Crippen molar-refractivity contribution >= 4 is 46.0 Å². The molecule has 11 heteroatoms. The van der Waals surface area contributed by atoms with Crippen molar-refractivity contribution in [3.05, 3.63) is 90.1 Å². The largest absolute Gasteiger partial charge is 0.492 e. The van der Waals surface area contributed by atoms with E-state index in [1.807, 2.05) is 81.5 Å². The lowest BCUT2D eigenvalue weighted by Gasteiger charge is -2.34. The summed E-state index contributed by atoms with van der Waals surface area (Å²) in [5.41, 5.74) is 3.62. The van der Waals surface area contributed by atoms with Crippen LogP contribution >= 0.6 is 0 Å². The van der Waals surface area contributed by atoms with Gasteiger partial charge in [-0.05, 0) is 62.5 Å². The number of nitrogens with one attached hydrogen (secondary N) is 3. The van der Waals surface area contributed by atoms with Gasteiger partial charge in [-0.2, -0.15) is 0 Å². The highest BCUT2D eigenvalue weighted by Gasteiger charge is 2.37. The Morgan fingerprint density at radius 3 is 2.36 bits per heavy atom. The average molecular weight is 611 g/mol. The molecule has 0 aliphatic carbocycles. The number of aromatic nitrogens is 1. The van der Waals surface area contributed by atoms with Gasteiger partial charge in [0.1, 0.15) is 24.9 Å². The van der Waals surface area contributed by atoms with E-state index >= 15 is 0 Å². The Labute approximate surface area is 262 Å². The number of amides is 5. The summed E-state index contributed by atoms with van der Waals surface area (Å²) >= 11 is 0. The van der Waals surface area contributed by atoms with Crippen LogP contribution < -0.4 is 20.3 Å². The Hall–Kier alpha value is -5.16. The molecule has 1 aromatic heterocycles. The fourth-order valence-corrected chi connectivity index (χ4v) is 5.59. The Kier molecular flexibility index (Phi) is 9.48. The smallest absolute Gasteiger partial charge is 0.319 e. The maximum Gasteiger partial charge on any atom is 0.319 e.